The summed E-state index contributed by atoms with van der Waals surface area (Å²) in [6.45, 7) is 1.79. The number of carboxylic acid groups (broad SMARTS) is 1. The highest BCUT2D eigenvalue weighted by molar-refractivity contribution is 5.74. The number of aliphatic hydroxyl groups excluding tert-OH is 1. The standard InChI is InChI=1S/C20H26N2O5/c1-14(12-17(23)18-8-5-11-27-18)21-20(26)22-16(9-10-19(24)25)13-15-6-3-2-4-7-15/h2-8,11,14,16-17,23H,9-10,12-13H2,1H3,(H,24,25)(H2,21,22,26). The third kappa shape index (κ3) is 7.53. The van der Waals surface area contributed by atoms with Gasteiger partial charge in [-0.1, -0.05) is 30.3 Å². The molecule has 1 aromatic heterocycles. The number of hydrogen-bond acceptors (Lipinski definition) is 4. The Kier molecular flexibility index (Phi) is 7.88. The minimum atomic E-state index is -0.898. The van der Waals surface area contributed by atoms with Crippen LogP contribution in [0.2, 0.25) is 0 Å². The highest BCUT2D eigenvalue weighted by Crippen LogP contribution is 2.18. The lowest BCUT2D eigenvalue weighted by atomic mass is 10.0. The van der Waals surface area contributed by atoms with E-state index in [1.54, 1.807) is 19.1 Å². The van der Waals surface area contributed by atoms with Crippen molar-refractivity contribution in [1.82, 2.24) is 10.6 Å². The summed E-state index contributed by atoms with van der Waals surface area (Å²) in [6, 6.07) is 12.0. The molecule has 146 valence electrons. The van der Waals surface area contributed by atoms with E-state index in [-0.39, 0.29) is 24.5 Å². The molecule has 1 aromatic carbocycles. The van der Waals surface area contributed by atoms with Gasteiger partial charge in [-0.15, -0.1) is 0 Å². The van der Waals surface area contributed by atoms with Gasteiger partial charge in [0.05, 0.1) is 6.26 Å². The van der Waals surface area contributed by atoms with Gasteiger partial charge >= 0.3 is 12.0 Å². The minimum Gasteiger partial charge on any atom is -0.481 e. The number of hydrogen-bond donors (Lipinski definition) is 4. The first kappa shape index (κ1) is 20.5. The zero-order chi connectivity index (χ0) is 19.6. The van der Waals surface area contributed by atoms with E-state index in [9.17, 15) is 14.7 Å². The lowest BCUT2D eigenvalue weighted by Gasteiger charge is -2.22. The number of benzene rings is 1. The van der Waals surface area contributed by atoms with Crippen LogP contribution in [0.5, 0.6) is 0 Å². The average Bonchev–Trinajstić information content (AvgIpc) is 3.15. The van der Waals surface area contributed by atoms with Crippen molar-refractivity contribution in [3.63, 3.8) is 0 Å². The van der Waals surface area contributed by atoms with Crippen LogP contribution in [0, 0.1) is 0 Å². The van der Waals surface area contributed by atoms with Crippen molar-refractivity contribution in [2.75, 3.05) is 0 Å². The van der Waals surface area contributed by atoms with Crippen LogP contribution in [-0.2, 0) is 11.2 Å². The second-order valence-electron chi connectivity index (χ2n) is 6.60. The van der Waals surface area contributed by atoms with Gasteiger partial charge in [0, 0.05) is 24.9 Å². The molecular weight excluding hydrogens is 348 g/mol. The quantitative estimate of drug-likeness (QED) is 0.511. The summed E-state index contributed by atoms with van der Waals surface area (Å²) in [6.07, 6.45) is 1.85. The van der Waals surface area contributed by atoms with Gasteiger partial charge in [0.1, 0.15) is 11.9 Å². The first-order chi connectivity index (χ1) is 12.9. The Morgan fingerprint density at radius 1 is 1.11 bits per heavy atom. The van der Waals surface area contributed by atoms with E-state index in [1.807, 2.05) is 30.3 Å². The number of carboxylic acids is 1. The van der Waals surface area contributed by atoms with Crippen molar-refractivity contribution in [3.8, 4) is 0 Å². The van der Waals surface area contributed by atoms with Gasteiger partial charge in [-0.25, -0.2) is 4.79 Å². The smallest absolute Gasteiger partial charge is 0.315 e. The molecule has 3 atom stereocenters. The van der Waals surface area contributed by atoms with Crippen molar-refractivity contribution in [2.45, 2.75) is 50.8 Å². The summed E-state index contributed by atoms with van der Waals surface area (Å²) in [4.78, 5) is 23.2. The minimum absolute atomic E-state index is 0.0233. The Bertz CT molecular complexity index is 702. The zero-order valence-corrected chi connectivity index (χ0v) is 15.3. The zero-order valence-electron chi connectivity index (χ0n) is 15.3. The van der Waals surface area contributed by atoms with E-state index in [4.69, 9.17) is 9.52 Å². The summed E-state index contributed by atoms with van der Waals surface area (Å²) < 4.78 is 5.15. The van der Waals surface area contributed by atoms with Crippen LogP contribution in [0.25, 0.3) is 0 Å². The van der Waals surface area contributed by atoms with E-state index in [0.29, 0.717) is 25.0 Å². The molecule has 0 aliphatic rings. The molecule has 7 heteroatoms. The number of aliphatic hydroxyl groups is 1. The Labute approximate surface area is 158 Å². The molecule has 0 fully saturated rings. The molecule has 4 N–H and O–H groups in total. The number of furan rings is 1. The number of aliphatic carboxylic acids is 1. The predicted octanol–water partition coefficient (Wildman–Crippen LogP) is 2.87. The number of carbonyl (C=O) groups is 2. The molecule has 27 heavy (non-hydrogen) atoms. The van der Waals surface area contributed by atoms with Crippen molar-refractivity contribution < 1.29 is 24.2 Å². The topological polar surface area (TPSA) is 112 Å². The van der Waals surface area contributed by atoms with Gasteiger partial charge in [0.15, 0.2) is 0 Å². The van der Waals surface area contributed by atoms with Crippen LogP contribution in [-0.4, -0.2) is 34.3 Å². The number of amides is 2. The number of urea groups is 1. The summed E-state index contributed by atoms with van der Waals surface area (Å²) in [7, 11) is 0. The van der Waals surface area contributed by atoms with Gasteiger partial charge in [-0.2, -0.15) is 0 Å². The van der Waals surface area contributed by atoms with Gasteiger partial charge in [-0.3, -0.25) is 4.79 Å². The second-order valence-corrected chi connectivity index (χ2v) is 6.60. The maximum atomic E-state index is 12.3. The molecule has 1 heterocycles. The van der Waals surface area contributed by atoms with Crippen LogP contribution in [0.4, 0.5) is 4.79 Å². The van der Waals surface area contributed by atoms with Crippen molar-refractivity contribution in [2.24, 2.45) is 0 Å². The highest BCUT2D eigenvalue weighted by atomic mass is 16.4. The van der Waals surface area contributed by atoms with Crippen LogP contribution in [0.1, 0.15) is 43.6 Å². The number of nitrogens with one attached hydrogen (secondary N) is 2. The highest BCUT2D eigenvalue weighted by Gasteiger charge is 2.19. The second kappa shape index (κ2) is 10.4. The molecule has 0 radical (unpaired) electrons. The molecule has 0 bridgehead atoms. The largest absolute Gasteiger partial charge is 0.481 e. The first-order valence-electron chi connectivity index (χ1n) is 8.98. The summed E-state index contributed by atoms with van der Waals surface area (Å²) in [5.41, 5.74) is 1.02. The molecule has 3 unspecified atom stereocenters. The van der Waals surface area contributed by atoms with Crippen LogP contribution in [0.15, 0.2) is 53.1 Å². The molecule has 0 saturated carbocycles. The third-order valence-electron chi connectivity index (χ3n) is 4.19. The number of carbonyl (C=O) groups excluding carboxylic acids is 1. The normalized spacial score (nSPS) is 14.1. The van der Waals surface area contributed by atoms with Gasteiger partial charge < -0.3 is 25.3 Å². The molecule has 2 amide bonds. The van der Waals surface area contributed by atoms with Crippen LogP contribution >= 0.6 is 0 Å². The SMILES string of the molecule is CC(CC(O)c1ccco1)NC(=O)NC(CCC(=O)O)Cc1ccccc1. The molecule has 2 aromatic rings. The molecular formula is C20H26N2O5. The van der Waals surface area contributed by atoms with Crippen LogP contribution in [0.3, 0.4) is 0 Å². The Balaban J connectivity index is 1.86. The van der Waals surface area contributed by atoms with Crippen molar-refractivity contribution in [3.05, 3.63) is 60.1 Å². The molecule has 0 spiro atoms. The Morgan fingerprint density at radius 3 is 2.48 bits per heavy atom. The monoisotopic (exact) mass is 374 g/mol. The fraction of sp³-hybridized carbons (Fsp3) is 0.400. The van der Waals surface area contributed by atoms with E-state index < -0.39 is 12.1 Å². The fourth-order valence-electron chi connectivity index (χ4n) is 2.86. The lowest BCUT2D eigenvalue weighted by molar-refractivity contribution is -0.137. The van der Waals surface area contributed by atoms with Crippen LogP contribution < -0.4 is 10.6 Å². The molecule has 0 aliphatic carbocycles. The summed E-state index contributed by atoms with van der Waals surface area (Å²) in [5.74, 6) is -0.447. The molecule has 7 nitrogen and oxygen atoms in total. The fourth-order valence-corrected chi connectivity index (χ4v) is 2.86. The lowest BCUT2D eigenvalue weighted by Crippen LogP contribution is -2.46. The van der Waals surface area contributed by atoms with Crippen molar-refractivity contribution in [1.29, 1.82) is 0 Å². The predicted molar refractivity (Wildman–Crippen MR) is 100 cm³/mol. The van der Waals surface area contributed by atoms with E-state index in [0.717, 1.165) is 5.56 Å². The molecule has 0 aliphatic heterocycles. The van der Waals surface area contributed by atoms with E-state index >= 15 is 0 Å². The van der Waals surface area contributed by atoms with Gasteiger partial charge in [-0.05, 0) is 37.5 Å². The summed E-state index contributed by atoms with van der Waals surface area (Å²) in [5, 5.41) is 24.6. The maximum Gasteiger partial charge on any atom is 0.315 e. The van der Waals surface area contributed by atoms with Gasteiger partial charge in [0.2, 0.25) is 0 Å². The van der Waals surface area contributed by atoms with Gasteiger partial charge in [0.25, 0.3) is 0 Å². The molecule has 0 saturated heterocycles. The molecule has 2 rings (SSSR count). The van der Waals surface area contributed by atoms with E-state index in [1.165, 1.54) is 6.26 Å². The maximum absolute atomic E-state index is 12.3. The summed E-state index contributed by atoms with van der Waals surface area (Å²) >= 11 is 0. The van der Waals surface area contributed by atoms with E-state index in [2.05, 4.69) is 10.6 Å². The Morgan fingerprint density at radius 2 is 1.85 bits per heavy atom. The Hall–Kier alpha value is -2.80. The number of rotatable bonds is 10. The third-order valence-corrected chi connectivity index (χ3v) is 4.19. The first-order valence-corrected chi connectivity index (χ1v) is 8.98. The average molecular weight is 374 g/mol. The van der Waals surface area contributed by atoms with Crippen molar-refractivity contribution >= 4 is 12.0 Å².